The van der Waals surface area contributed by atoms with E-state index in [1.807, 2.05) is 0 Å². The molecule has 1 aliphatic heterocycles. The predicted octanol–water partition coefficient (Wildman–Crippen LogP) is 2.88. The van der Waals surface area contributed by atoms with E-state index in [9.17, 15) is 4.79 Å². The fourth-order valence-electron chi connectivity index (χ4n) is 3.86. The van der Waals surface area contributed by atoms with Crippen molar-refractivity contribution in [1.82, 2.24) is 4.90 Å². The van der Waals surface area contributed by atoms with Gasteiger partial charge in [-0.1, -0.05) is 25.7 Å². The van der Waals surface area contributed by atoms with Crippen molar-refractivity contribution >= 4 is 6.29 Å². The molecule has 2 aliphatic rings. The van der Waals surface area contributed by atoms with Crippen LogP contribution in [0.25, 0.3) is 0 Å². The van der Waals surface area contributed by atoms with Gasteiger partial charge < -0.3 is 14.4 Å². The second-order valence-corrected chi connectivity index (χ2v) is 6.59. The van der Waals surface area contributed by atoms with Crippen LogP contribution in [0.3, 0.4) is 0 Å². The van der Waals surface area contributed by atoms with Crippen LogP contribution in [0, 0.1) is 11.3 Å². The molecule has 2 fully saturated rings. The molecule has 2 rings (SSSR count). The number of carbonyl (C=O) groups excluding carboxylic acids is 1. The summed E-state index contributed by atoms with van der Waals surface area (Å²) in [6.45, 7) is 4.13. The highest BCUT2D eigenvalue weighted by Gasteiger charge is 2.34. The summed E-state index contributed by atoms with van der Waals surface area (Å²) in [6.07, 6.45) is 11.1. The number of hydrogen-bond donors (Lipinski definition) is 0. The molecule has 0 radical (unpaired) electrons. The Hall–Kier alpha value is -0.410. The van der Waals surface area contributed by atoms with Gasteiger partial charge in [-0.15, -0.1) is 0 Å². The molecule has 0 spiro atoms. The summed E-state index contributed by atoms with van der Waals surface area (Å²) in [5.74, 6) is 0.660. The third-order valence-corrected chi connectivity index (χ3v) is 4.89. The minimum absolute atomic E-state index is 0.0501. The number of carbonyl (C=O) groups is 1. The minimum atomic E-state index is -0.0501. The molecule has 0 amide bonds. The summed E-state index contributed by atoms with van der Waals surface area (Å²) < 4.78 is 5.29. The lowest BCUT2D eigenvalue weighted by Gasteiger charge is -2.38. The molecule has 1 saturated heterocycles. The standard InChI is InChI=1S/C16H29NO2/c1-19-12-15-7-6-10-17(11-15)13-16(14-18)8-4-2-3-5-9-16/h14-15H,2-13H2,1H3. The van der Waals surface area contributed by atoms with Gasteiger partial charge in [0, 0.05) is 25.6 Å². The molecule has 0 N–H and O–H groups in total. The van der Waals surface area contributed by atoms with Crippen LogP contribution in [0.1, 0.15) is 51.4 Å². The van der Waals surface area contributed by atoms with Gasteiger partial charge in [-0.05, 0) is 38.1 Å². The van der Waals surface area contributed by atoms with Crippen LogP contribution < -0.4 is 0 Å². The van der Waals surface area contributed by atoms with Gasteiger partial charge >= 0.3 is 0 Å². The molecule has 0 bridgehead atoms. The second-order valence-electron chi connectivity index (χ2n) is 6.59. The summed E-state index contributed by atoms with van der Waals surface area (Å²) in [4.78, 5) is 14.2. The van der Waals surface area contributed by atoms with Crippen LogP contribution in [-0.2, 0) is 9.53 Å². The van der Waals surface area contributed by atoms with E-state index in [1.165, 1.54) is 44.8 Å². The Morgan fingerprint density at radius 3 is 2.58 bits per heavy atom. The number of likely N-dealkylation sites (tertiary alicyclic amines) is 1. The van der Waals surface area contributed by atoms with E-state index >= 15 is 0 Å². The quantitative estimate of drug-likeness (QED) is 0.566. The van der Waals surface area contributed by atoms with Gasteiger partial charge in [0.2, 0.25) is 0 Å². The Morgan fingerprint density at radius 2 is 1.95 bits per heavy atom. The van der Waals surface area contributed by atoms with Crippen LogP contribution in [0.2, 0.25) is 0 Å². The first kappa shape index (κ1) is 15.0. The normalized spacial score (nSPS) is 28.8. The molecule has 1 unspecified atom stereocenters. The fraction of sp³-hybridized carbons (Fsp3) is 0.938. The molecule has 1 atom stereocenters. The molecule has 3 nitrogen and oxygen atoms in total. The largest absolute Gasteiger partial charge is 0.384 e. The molecule has 1 saturated carbocycles. The maximum absolute atomic E-state index is 11.7. The predicted molar refractivity (Wildman–Crippen MR) is 77.2 cm³/mol. The van der Waals surface area contributed by atoms with Crippen LogP contribution in [0.5, 0.6) is 0 Å². The van der Waals surface area contributed by atoms with Gasteiger partial charge in [-0.25, -0.2) is 0 Å². The van der Waals surface area contributed by atoms with Gasteiger partial charge in [-0.2, -0.15) is 0 Å². The van der Waals surface area contributed by atoms with Crippen LogP contribution in [0.15, 0.2) is 0 Å². The van der Waals surface area contributed by atoms with Crippen molar-refractivity contribution in [3.63, 3.8) is 0 Å². The van der Waals surface area contributed by atoms with Crippen molar-refractivity contribution in [3.05, 3.63) is 0 Å². The van der Waals surface area contributed by atoms with E-state index in [4.69, 9.17) is 4.74 Å². The highest BCUT2D eigenvalue weighted by Crippen LogP contribution is 2.35. The number of nitrogens with zero attached hydrogens (tertiary/aromatic N) is 1. The van der Waals surface area contributed by atoms with Crippen molar-refractivity contribution in [2.45, 2.75) is 51.4 Å². The van der Waals surface area contributed by atoms with Gasteiger partial charge in [0.25, 0.3) is 0 Å². The monoisotopic (exact) mass is 267 g/mol. The lowest BCUT2D eigenvalue weighted by Crippen LogP contribution is -2.44. The number of aldehydes is 1. The van der Waals surface area contributed by atoms with Crippen molar-refractivity contribution in [3.8, 4) is 0 Å². The molecule has 0 aromatic carbocycles. The number of rotatable bonds is 5. The molecule has 3 heteroatoms. The Balaban J connectivity index is 1.91. The van der Waals surface area contributed by atoms with Crippen molar-refractivity contribution in [2.24, 2.45) is 11.3 Å². The summed E-state index contributed by atoms with van der Waals surface area (Å²) >= 11 is 0. The summed E-state index contributed by atoms with van der Waals surface area (Å²) in [5.41, 5.74) is -0.0501. The van der Waals surface area contributed by atoms with Crippen molar-refractivity contribution in [1.29, 1.82) is 0 Å². The van der Waals surface area contributed by atoms with Crippen LogP contribution in [0.4, 0.5) is 0 Å². The first-order valence-electron chi connectivity index (χ1n) is 7.96. The van der Waals surface area contributed by atoms with E-state index in [-0.39, 0.29) is 5.41 Å². The summed E-state index contributed by atoms with van der Waals surface area (Å²) in [7, 11) is 1.79. The molecule has 0 aromatic heterocycles. The van der Waals surface area contributed by atoms with Crippen LogP contribution in [-0.4, -0.2) is 44.5 Å². The van der Waals surface area contributed by atoms with Gasteiger partial charge in [0.05, 0.1) is 6.61 Å². The Labute approximate surface area is 117 Å². The van der Waals surface area contributed by atoms with Crippen LogP contribution >= 0.6 is 0 Å². The van der Waals surface area contributed by atoms with E-state index in [1.54, 1.807) is 7.11 Å². The maximum atomic E-state index is 11.7. The summed E-state index contributed by atoms with van der Waals surface area (Å²) in [6, 6.07) is 0. The average Bonchev–Trinajstić information content (AvgIpc) is 2.66. The van der Waals surface area contributed by atoms with E-state index in [0.717, 1.165) is 39.1 Å². The van der Waals surface area contributed by atoms with Gasteiger partial charge in [0.15, 0.2) is 0 Å². The molecule has 1 aliphatic carbocycles. The van der Waals surface area contributed by atoms with E-state index in [0.29, 0.717) is 5.92 Å². The zero-order valence-corrected chi connectivity index (χ0v) is 12.4. The highest BCUT2D eigenvalue weighted by atomic mass is 16.5. The Morgan fingerprint density at radius 1 is 1.21 bits per heavy atom. The topological polar surface area (TPSA) is 29.5 Å². The zero-order chi connectivity index (χ0) is 13.6. The third kappa shape index (κ3) is 4.28. The zero-order valence-electron chi connectivity index (χ0n) is 12.4. The Bertz CT molecular complexity index is 270. The lowest BCUT2D eigenvalue weighted by molar-refractivity contribution is -0.118. The van der Waals surface area contributed by atoms with Gasteiger partial charge in [-0.3, -0.25) is 0 Å². The molecular formula is C16H29NO2. The lowest BCUT2D eigenvalue weighted by atomic mass is 9.80. The number of hydrogen-bond acceptors (Lipinski definition) is 3. The SMILES string of the molecule is COCC1CCCN(CC2(C=O)CCCCCC2)C1. The second kappa shape index (κ2) is 7.39. The maximum Gasteiger partial charge on any atom is 0.127 e. The third-order valence-electron chi connectivity index (χ3n) is 4.89. The number of methoxy groups -OCH3 is 1. The fourth-order valence-corrected chi connectivity index (χ4v) is 3.86. The molecule has 0 aromatic rings. The van der Waals surface area contributed by atoms with Crippen molar-refractivity contribution in [2.75, 3.05) is 33.4 Å². The number of piperidine rings is 1. The smallest absolute Gasteiger partial charge is 0.127 e. The molecular weight excluding hydrogens is 238 g/mol. The average molecular weight is 267 g/mol. The van der Waals surface area contributed by atoms with E-state index in [2.05, 4.69) is 4.90 Å². The Kier molecular flexibility index (Phi) is 5.83. The first-order valence-corrected chi connectivity index (χ1v) is 7.96. The van der Waals surface area contributed by atoms with Crippen molar-refractivity contribution < 1.29 is 9.53 Å². The van der Waals surface area contributed by atoms with E-state index < -0.39 is 0 Å². The molecule has 1 heterocycles. The highest BCUT2D eigenvalue weighted by molar-refractivity contribution is 5.59. The number of ether oxygens (including phenoxy) is 1. The molecule has 19 heavy (non-hydrogen) atoms. The van der Waals surface area contributed by atoms with Gasteiger partial charge in [0.1, 0.15) is 6.29 Å². The molecule has 110 valence electrons. The summed E-state index contributed by atoms with van der Waals surface area (Å²) in [5, 5.41) is 0. The first-order chi connectivity index (χ1) is 9.28. The minimum Gasteiger partial charge on any atom is -0.384 e.